The Labute approximate surface area is 78.2 Å². The van der Waals surface area contributed by atoms with E-state index >= 15 is 0 Å². The highest BCUT2D eigenvalue weighted by atomic mass is 16.6. The minimum atomic E-state index is -0.374. The molecule has 0 unspecified atom stereocenters. The Kier molecular flexibility index (Phi) is 1.77. The molecule has 2 rings (SSSR count). The highest BCUT2D eigenvalue weighted by Gasteiger charge is 2.55. The van der Waals surface area contributed by atoms with Crippen LogP contribution in [0.4, 0.5) is 4.79 Å². The summed E-state index contributed by atoms with van der Waals surface area (Å²) in [5.74, 6) is 0. The molecule has 2 aliphatic heterocycles. The molecule has 0 aromatic carbocycles. The van der Waals surface area contributed by atoms with Gasteiger partial charge in [0, 0.05) is 13.1 Å². The second-order valence-electron chi connectivity index (χ2n) is 4.68. The Morgan fingerprint density at radius 3 is 2.38 bits per heavy atom. The molecule has 1 N–H and O–H groups in total. The van der Waals surface area contributed by atoms with E-state index in [1.165, 1.54) is 0 Å². The SMILES string of the molecule is CC(C)(C)OC(=O)N1[C@@H]2CNC[C@@H]21. The van der Waals surface area contributed by atoms with Crippen LogP contribution < -0.4 is 5.32 Å². The Balaban J connectivity index is 1.87. The minimum absolute atomic E-state index is 0.163. The Bertz CT molecular complexity index is 224. The average Bonchev–Trinajstić information content (AvgIpc) is 2.44. The molecule has 0 saturated carbocycles. The molecule has 2 atom stereocenters. The van der Waals surface area contributed by atoms with E-state index in [-0.39, 0.29) is 11.7 Å². The summed E-state index contributed by atoms with van der Waals surface area (Å²) in [5.41, 5.74) is -0.374. The van der Waals surface area contributed by atoms with Gasteiger partial charge in [0.25, 0.3) is 0 Å². The summed E-state index contributed by atoms with van der Waals surface area (Å²) >= 11 is 0. The van der Waals surface area contributed by atoms with Crippen molar-refractivity contribution < 1.29 is 9.53 Å². The number of nitrogens with one attached hydrogen (secondary N) is 1. The first-order chi connectivity index (χ1) is 5.99. The fourth-order valence-corrected chi connectivity index (χ4v) is 1.77. The van der Waals surface area contributed by atoms with Crippen molar-refractivity contribution in [2.75, 3.05) is 13.1 Å². The van der Waals surface area contributed by atoms with Gasteiger partial charge in [-0.3, -0.25) is 4.90 Å². The predicted molar refractivity (Wildman–Crippen MR) is 48.5 cm³/mol. The molecule has 1 amide bonds. The van der Waals surface area contributed by atoms with Crippen molar-refractivity contribution >= 4 is 6.09 Å². The number of carbonyl (C=O) groups is 1. The van der Waals surface area contributed by atoms with Crippen molar-refractivity contribution in [3.8, 4) is 0 Å². The van der Waals surface area contributed by atoms with Gasteiger partial charge in [0.2, 0.25) is 0 Å². The van der Waals surface area contributed by atoms with E-state index in [2.05, 4.69) is 5.32 Å². The zero-order valence-corrected chi connectivity index (χ0v) is 8.33. The normalized spacial score (nSPS) is 31.5. The van der Waals surface area contributed by atoms with Gasteiger partial charge in [-0.15, -0.1) is 0 Å². The topological polar surface area (TPSA) is 41.3 Å². The third-order valence-electron chi connectivity index (χ3n) is 2.38. The summed E-state index contributed by atoms with van der Waals surface area (Å²) in [6, 6.07) is 0.796. The number of piperazine rings is 1. The molecule has 2 saturated heterocycles. The van der Waals surface area contributed by atoms with Crippen LogP contribution in [0.3, 0.4) is 0 Å². The number of nitrogens with zero attached hydrogens (tertiary/aromatic N) is 1. The zero-order valence-electron chi connectivity index (χ0n) is 8.33. The standard InChI is InChI=1S/C9H16N2O2/c1-9(2,3)13-8(12)11-6-4-10-5-7(6)11/h6-7,10H,4-5H2,1-3H3/t6-,7+,11?. The van der Waals surface area contributed by atoms with Crippen molar-refractivity contribution in [2.45, 2.75) is 38.5 Å². The summed E-state index contributed by atoms with van der Waals surface area (Å²) in [4.78, 5) is 13.3. The van der Waals surface area contributed by atoms with Gasteiger partial charge < -0.3 is 10.1 Å². The lowest BCUT2D eigenvalue weighted by atomic mass is 10.2. The summed E-state index contributed by atoms with van der Waals surface area (Å²) in [6.45, 7) is 7.51. The maximum Gasteiger partial charge on any atom is 0.411 e. The van der Waals surface area contributed by atoms with Gasteiger partial charge in [0.15, 0.2) is 0 Å². The molecule has 0 radical (unpaired) electrons. The molecule has 0 aliphatic carbocycles. The van der Waals surface area contributed by atoms with Crippen LogP contribution in [0.1, 0.15) is 20.8 Å². The highest BCUT2D eigenvalue weighted by molar-refractivity contribution is 5.73. The molecule has 0 aromatic rings. The molecule has 74 valence electrons. The van der Waals surface area contributed by atoms with E-state index < -0.39 is 0 Å². The van der Waals surface area contributed by atoms with E-state index in [1.807, 2.05) is 25.7 Å². The summed E-state index contributed by atoms with van der Waals surface area (Å²) in [5, 5.41) is 3.22. The summed E-state index contributed by atoms with van der Waals surface area (Å²) < 4.78 is 5.26. The molecular formula is C9H16N2O2. The van der Waals surface area contributed by atoms with E-state index in [1.54, 1.807) is 0 Å². The van der Waals surface area contributed by atoms with Crippen LogP contribution in [0.25, 0.3) is 0 Å². The van der Waals surface area contributed by atoms with Gasteiger partial charge in [-0.05, 0) is 20.8 Å². The summed E-state index contributed by atoms with van der Waals surface area (Å²) in [7, 11) is 0. The lowest BCUT2D eigenvalue weighted by Gasteiger charge is -2.20. The van der Waals surface area contributed by atoms with Crippen LogP contribution in [-0.4, -0.2) is 41.8 Å². The van der Waals surface area contributed by atoms with Gasteiger partial charge in [0.1, 0.15) is 5.60 Å². The molecule has 2 fully saturated rings. The largest absolute Gasteiger partial charge is 0.444 e. The van der Waals surface area contributed by atoms with Crippen LogP contribution in [-0.2, 0) is 4.74 Å². The summed E-state index contributed by atoms with van der Waals surface area (Å²) in [6.07, 6.45) is -0.163. The first-order valence-corrected chi connectivity index (χ1v) is 4.71. The van der Waals surface area contributed by atoms with E-state index in [0.717, 1.165) is 13.1 Å². The van der Waals surface area contributed by atoms with E-state index in [4.69, 9.17) is 4.74 Å². The quantitative estimate of drug-likeness (QED) is 0.560. The van der Waals surface area contributed by atoms with Crippen LogP contribution in [0, 0.1) is 0 Å². The Morgan fingerprint density at radius 2 is 1.92 bits per heavy atom. The fourth-order valence-electron chi connectivity index (χ4n) is 1.77. The Hall–Kier alpha value is -0.770. The number of fused-ring (bicyclic) bond motifs is 1. The van der Waals surface area contributed by atoms with Crippen molar-refractivity contribution in [1.82, 2.24) is 10.2 Å². The first kappa shape index (κ1) is 8.81. The maximum absolute atomic E-state index is 11.5. The van der Waals surface area contributed by atoms with Gasteiger partial charge in [-0.1, -0.05) is 0 Å². The van der Waals surface area contributed by atoms with Crippen LogP contribution >= 0.6 is 0 Å². The number of rotatable bonds is 0. The molecule has 0 aromatic heterocycles. The van der Waals surface area contributed by atoms with Crippen molar-refractivity contribution in [3.63, 3.8) is 0 Å². The maximum atomic E-state index is 11.5. The van der Waals surface area contributed by atoms with Crippen molar-refractivity contribution in [1.29, 1.82) is 0 Å². The number of hydrogen-bond acceptors (Lipinski definition) is 3. The van der Waals surface area contributed by atoms with Gasteiger partial charge in [-0.2, -0.15) is 0 Å². The monoisotopic (exact) mass is 184 g/mol. The second kappa shape index (κ2) is 2.61. The lowest BCUT2D eigenvalue weighted by Crippen LogP contribution is -2.32. The molecule has 0 spiro atoms. The molecule has 0 bridgehead atoms. The Morgan fingerprint density at radius 1 is 1.38 bits per heavy atom. The van der Waals surface area contributed by atoms with Gasteiger partial charge >= 0.3 is 6.09 Å². The smallest absolute Gasteiger partial charge is 0.411 e. The molecule has 2 aliphatic rings. The van der Waals surface area contributed by atoms with Crippen molar-refractivity contribution in [2.24, 2.45) is 0 Å². The second-order valence-corrected chi connectivity index (χ2v) is 4.68. The molecule has 4 heteroatoms. The minimum Gasteiger partial charge on any atom is -0.444 e. The van der Waals surface area contributed by atoms with Crippen LogP contribution in [0.5, 0.6) is 0 Å². The van der Waals surface area contributed by atoms with E-state index in [0.29, 0.717) is 12.1 Å². The third kappa shape index (κ3) is 1.63. The van der Waals surface area contributed by atoms with Crippen molar-refractivity contribution in [3.05, 3.63) is 0 Å². The third-order valence-corrected chi connectivity index (χ3v) is 2.38. The fraction of sp³-hybridized carbons (Fsp3) is 0.889. The van der Waals surface area contributed by atoms with Crippen LogP contribution in [0.15, 0.2) is 0 Å². The first-order valence-electron chi connectivity index (χ1n) is 4.71. The van der Waals surface area contributed by atoms with E-state index in [9.17, 15) is 4.79 Å². The molecule has 4 nitrogen and oxygen atoms in total. The molecular weight excluding hydrogens is 168 g/mol. The number of amides is 1. The lowest BCUT2D eigenvalue weighted by molar-refractivity contribution is 0.0386. The highest BCUT2D eigenvalue weighted by Crippen LogP contribution is 2.32. The van der Waals surface area contributed by atoms with Crippen LogP contribution in [0.2, 0.25) is 0 Å². The molecule has 2 heterocycles. The average molecular weight is 184 g/mol. The number of carbonyl (C=O) groups excluding carboxylic acids is 1. The zero-order chi connectivity index (χ0) is 9.64. The van der Waals surface area contributed by atoms with Gasteiger partial charge in [-0.25, -0.2) is 4.79 Å². The predicted octanol–water partition coefficient (Wildman–Crippen LogP) is 0.577. The number of ether oxygens (including phenoxy) is 1. The molecule has 13 heavy (non-hydrogen) atoms. The number of hydrogen-bond donors (Lipinski definition) is 1. The van der Waals surface area contributed by atoms with Gasteiger partial charge in [0.05, 0.1) is 12.1 Å².